The minimum Gasteiger partial charge on any atom is -0.372 e. The maximum atomic E-state index is 5.90. The number of aryl methyl sites for hydroxylation is 1. The van der Waals surface area contributed by atoms with Gasteiger partial charge in [-0.25, -0.2) is 4.99 Å². The van der Waals surface area contributed by atoms with Gasteiger partial charge in [0.15, 0.2) is 5.96 Å². The van der Waals surface area contributed by atoms with Crippen LogP contribution in [0, 0.1) is 0 Å². The fraction of sp³-hybridized carbons (Fsp3) is 0.385. The van der Waals surface area contributed by atoms with E-state index in [4.69, 9.17) is 9.73 Å². The van der Waals surface area contributed by atoms with Gasteiger partial charge in [-0.1, -0.05) is 54.6 Å². The lowest BCUT2D eigenvalue weighted by Crippen LogP contribution is -2.40. The van der Waals surface area contributed by atoms with Crippen LogP contribution in [0.3, 0.4) is 0 Å². The molecule has 1 fully saturated rings. The predicted molar refractivity (Wildman–Crippen MR) is 144 cm³/mol. The maximum absolute atomic E-state index is 5.90. The van der Waals surface area contributed by atoms with Crippen molar-refractivity contribution < 1.29 is 4.74 Å². The molecule has 6 nitrogen and oxygen atoms in total. The molecule has 1 N–H and O–H groups in total. The monoisotopic (exact) mass is 559 g/mol. The van der Waals surface area contributed by atoms with E-state index in [2.05, 4.69) is 64.8 Å². The summed E-state index contributed by atoms with van der Waals surface area (Å²) in [6, 6.07) is 18.8. The number of halogens is 1. The number of rotatable bonds is 8. The highest BCUT2D eigenvalue weighted by atomic mass is 127. The molecule has 0 saturated carbocycles. The van der Waals surface area contributed by atoms with Crippen LogP contribution in [0.4, 0.5) is 0 Å². The molecule has 7 heteroatoms. The highest BCUT2D eigenvalue weighted by molar-refractivity contribution is 14.0. The Hall–Kier alpha value is -2.39. The van der Waals surface area contributed by atoms with E-state index < -0.39 is 0 Å². The van der Waals surface area contributed by atoms with E-state index in [0.29, 0.717) is 25.7 Å². The third-order valence-corrected chi connectivity index (χ3v) is 5.80. The number of nitrogens with one attached hydrogen (secondary N) is 1. The number of guanidine groups is 1. The number of ether oxygens (including phenoxy) is 1. The van der Waals surface area contributed by atoms with Crippen molar-refractivity contribution in [1.82, 2.24) is 20.0 Å². The lowest BCUT2D eigenvalue weighted by Gasteiger charge is -2.21. The van der Waals surface area contributed by atoms with Gasteiger partial charge >= 0.3 is 0 Å². The van der Waals surface area contributed by atoms with Crippen molar-refractivity contribution in [3.05, 3.63) is 89.2 Å². The Morgan fingerprint density at radius 1 is 1.09 bits per heavy atom. The van der Waals surface area contributed by atoms with Crippen LogP contribution < -0.4 is 5.32 Å². The van der Waals surface area contributed by atoms with Crippen LogP contribution in [0.15, 0.2) is 72.0 Å². The Kier molecular flexibility index (Phi) is 9.75. The molecule has 1 atom stereocenters. The second-order valence-electron chi connectivity index (χ2n) is 8.35. The Morgan fingerprint density at radius 3 is 2.61 bits per heavy atom. The number of hydrogen-bond acceptors (Lipinski definition) is 3. The largest absolute Gasteiger partial charge is 0.372 e. The molecule has 1 unspecified atom stereocenters. The van der Waals surface area contributed by atoms with Gasteiger partial charge in [-0.15, -0.1) is 24.0 Å². The van der Waals surface area contributed by atoms with Gasteiger partial charge in [0.2, 0.25) is 0 Å². The Labute approximate surface area is 214 Å². The minimum atomic E-state index is 0. The summed E-state index contributed by atoms with van der Waals surface area (Å²) < 4.78 is 7.78. The first kappa shape index (κ1) is 25.2. The summed E-state index contributed by atoms with van der Waals surface area (Å²) >= 11 is 0. The first-order valence-corrected chi connectivity index (χ1v) is 11.4. The number of benzene rings is 2. The number of hydrogen-bond donors (Lipinski definition) is 1. The molecule has 0 aliphatic carbocycles. The van der Waals surface area contributed by atoms with Crippen LogP contribution in [0.1, 0.15) is 41.5 Å². The molecule has 3 aromatic rings. The van der Waals surface area contributed by atoms with Gasteiger partial charge in [-0.05, 0) is 35.6 Å². The van der Waals surface area contributed by atoms with Crippen molar-refractivity contribution in [3.63, 3.8) is 0 Å². The molecule has 0 amide bonds. The van der Waals surface area contributed by atoms with Crippen molar-refractivity contribution in [2.75, 3.05) is 19.6 Å². The number of aromatic nitrogens is 2. The van der Waals surface area contributed by atoms with Crippen molar-refractivity contribution in [2.45, 2.75) is 39.0 Å². The van der Waals surface area contributed by atoms with Crippen LogP contribution in [0.2, 0.25) is 0 Å². The van der Waals surface area contributed by atoms with Gasteiger partial charge in [-0.3, -0.25) is 4.68 Å². The molecule has 1 aromatic heterocycles. The fourth-order valence-electron chi connectivity index (χ4n) is 4.15. The van der Waals surface area contributed by atoms with E-state index in [1.165, 1.54) is 22.3 Å². The Balaban J connectivity index is 0.00000306. The SMILES string of the molecule is CCNC(=NCc1cccc(COCc2ccccc2)c1)N1CCC(c2cnn(C)c2)C1.I. The van der Waals surface area contributed by atoms with Crippen molar-refractivity contribution in [2.24, 2.45) is 12.0 Å². The van der Waals surface area contributed by atoms with Crippen LogP contribution >= 0.6 is 24.0 Å². The standard InChI is InChI=1S/C26H33N5O.HI/c1-3-27-26(31-13-12-24(18-31)25-16-29-30(2)17-25)28-15-22-10-7-11-23(14-22)20-32-19-21-8-5-4-6-9-21;/h4-11,14,16-17,24H,3,12-13,15,18-20H2,1-2H3,(H,27,28);1H. The molecule has 1 aliphatic rings. The lowest BCUT2D eigenvalue weighted by molar-refractivity contribution is 0.107. The quantitative estimate of drug-likeness (QED) is 0.247. The summed E-state index contributed by atoms with van der Waals surface area (Å²) in [6.07, 6.45) is 5.25. The molecule has 2 heterocycles. The van der Waals surface area contributed by atoms with Gasteiger partial charge in [-0.2, -0.15) is 5.10 Å². The zero-order valence-electron chi connectivity index (χ0n) is 19.5. The average molecular weight is 559 g/mol. The predicted octanol–water partition coefficient (Wildman–Crippen LogP) is 4.71. The minimum absolute atomic E-state index is 0. The van der Waals surface area contributed by atoms with E-state index >= 15 is 0 Å². The van der Waals surface area contributed by atoms with E-state index in [9.17, 15) is 0 Å². The van der Waals surface area contributed by atoms with Crippen LogP contribution in [-0.2, 0) is 31.5 Å². The van der Waals surface area contributed by atoms with Gasteiger partial charge < -0.3 is 15.0 Å². The second kappa shape index (κ2) is 12.7. The first-order valence-electron chi connectivity index (χ1n) is 11.4. The molecule has 0 bridgehead atoms. The van der Waals surface area contributed by atoms with Gasteiger partial charge in [0, 0.05) is 38.8 Å². The fourth-order valence-corrected chi connectivity index (χ4v) is 4.15. The van der Waals surface area contributed by atoms with E-state index in [0.717, 1.165) is 32.0 Å². The average Bonchev–Trinajstić information content (AvgIpc) is 3.47. The lowest BCUT2D eigenvalue weighted by atomic mass is 10.0. The van der Waals surface area contributed by atoms with E-state index in [-0.39, 0.29) is 24.0 Å². The highest BCUT2D eigenvalue weighted by Gasteiger charge is 2.26. The van der Waals surface area contributed by atoms with Crippen molar-refractivity contribution in [1.29, 1.82) is 0 Å². The molecule has 0 radical (unpaired) electrons. The highest BCUT2D eigenvalue weighted by Crippen LogP contribution is 2.26. The topological polar surface area (TPSA) is 54.7 Å². The second-order valence-corrected chi connectivity index (χ2v) is 8.35. The molecular weight excluding hydrogens is 525 g/mol. The molecule has 176 valence electrons. The van der Waals surface area contributed by atoms with Crippen LogP contribution in [-0.4, -0.2) is 40.3 Å². The van der Waals surface area contributed by atoms with Crippen LogP contribution in [0.25, 0.3) is 0 Å². The van der Waals surface area contributed by atoms with E-state index in [1.54, 1.807) is 0 Å². The molecule has 33 heavy (non-hydrogen) atoms. The van der Waals surface area contributed by atoms with Gasteiger partial charge in [0.1, 0.15) is 0 Å². The van der Waals surface area contributed by atoms with Crippen LogP contribution in [0.5, 0.6) is 0 Å². The molecule has 2 aromatic carbocycles. The maximum Gasteiger partial charge on any atom is 0.194 e. The summed E-state index contributed by atoms with van der Waals surface area (Å²) in [5, 5.41) is 7.80. The summed E-state index contributed by atoms with van der Waals surface area (Å²) in [5.41, 5.74) is 4.88. The molecule has 4 rings (SSSR count). The van der Waals surface area contributed by atoms with E-state index in [1.807, 2.05) is 36.1 Å². The number of aliphatic imine (C=N–C) groups is 1. The zero-order chi connectivity index (χ0) is 22.2. The van der Waals surface area contributed by atoms with Crippen molar-refractivity contribution in [3.8, 4) is 0 Å². The normalized spacial score (nSPS) is 16.0. The van der Waals surface area contributed by atoms with Crippen molar-refractivity contribution >= 4 is 29.9 Å². The summed E-state index contributed by atoms with van der Waals surface area (Å²) in [4.78, 5) is 7.31. The first-order chi connectivity index (χ1) is 15.7. The third-order valence-electron chi connectivity index (χ3n) is 5.80. The Morgan fingerprint density at radius 2 is 1.85 bits per heavy atom. The summed E-state index contributed by atoms with van der Waals surface area (Å²) in [6.45, 7) is 6.86. The summed E-state index contributed by atoms with van der Waals surface area (Å²) in [7, 11) is 1.97. The molecule has 0 spiro atoms. The zero-order valence-corrected chi connectivity index (χ0v) is 21.8. The Bertz CT molecular complexity index is 1020. The molecule has 1 aliphatic heterocycles. The van der Waals surface area contributed by atoms with Gasteiger partial charge in [0.25, 0.3) is 0 Å². The van der Waals surface area contributed by atoms with Gasteiger partial charge in [0.05, 0.1) is 26.0 Å². The molecular formula is C26H34IN5O. The molecule has 1 saturated heterocycles. The smallest absolute Gasteiger partial charge is 0.194 e. The third kappa shape index (κ3) is 7.30. The summed E-state index contributed by atoms with van der Waals surface area (Å²) in [5.74, 6) is 1.50. The number of nitrogens with zero attached hydrogens (tertiary/aromatic N) is 4. The number of likely N-dealkylation sites (tertiary alicyclic amines) is 1.